The molecule has 0 aliphatic carbocycles. The van der Waals surface area contributed by atoms with Gasteiger partial charge in [-0.05, 0) is 25.5 Å². The van der Waals surface area contributed by atoms with Gasteiger partial charge in [0.1, 0.15) is 0 Å². The smallest absolute Gasteiger partial charge is 0.330 e. The van der Waals surface area contributed by atoms with Crippen molar-refractivity contribution in [1.29, 1.82) is 0 Å². The van der Waals surface area contributed by atoms with Crippen molar-refractivity contribution in [2.75, 3.05) is 26.8 Å². The van der Waals surface area contributed by atoms with Crippen LogP contribution in [0.3, 0.4) is 0 Å². The summed E-state index contributed by atoms with van der Waals surface area (Å²) in [7, 11) is 1.65. The fraction of sp³-hybridized carbons (Fsp3) is 0.700. The molecule has 1 fully saturated rings. The van der Waals surface area contributed by atoms with E-state index in [0.29, 0.717) is 6.61 Å². The van der Waals surface area contributed by atoms with E-state index in [-0.39, 0.29) is 24.5 Å². The Morgan fingerprint density at radius 1 is 1.67 bits per heavy atom. The van der Waals surface area contributed by atoms with Crippen LogP contribution in [-0.2, 0) is 14.3 Å². The molecule has 5 heteroatoms. The highest BCUT2D eigenvalue weighted by atomic mass is 35.5. The van der Waals surface area contributed by atoms with Crippen LogP contribution in [-0.4, -0.2) is 38.9 Å². The van der Waals surface area contributed by atoms with E-state index in [1.807, 2.05) is 0 Å². The first-order valence-electron chi connectivity index (χ1n) is 4.88. The van der Waals surface area contributed by atoms with Crippen molar-refractivity contribution in [1.82, 2.24) is 5.32 Å². The van der Waals surface area contributed by atoms with Crippen molar-refractivity contribution in [3.8, 4) is 0 Å². The van der Waals surface area contributed by atoms with Gasteiger partial charge in [-0.2, -0.15) is 0 Å². The van der Waals surface area contributed by atoms with Crippen LogP contribution in [0.15, 0.2) is 11.6 Å². The normalized spacial score (nSPS) is 23.3. The molecule has 4 nitrogen and oxygen atoms in total. The Morgan fingerprint density at radius 2 is 2.40 bits per heavy atom. The number of esters is 1. The van der Waals surface area contributed by atoms with Gasteiger partial charge in [-0.1, -0.05) is 0 Å². The SMILES string of the molecule is CCOC(=O)/C=C1/CCNCC1OC.Cl. The van der Waals surface area contributed by atoms with Gasteiger partial charge in [-0.3, -0.25) is 0 Å². The van der Waals surface area contributed by atoms with Crippen LogP contribution in [0.25, 0.3) is 0 Å². The zero-order chi connectivity index (χ0) is 10.4. The predicted octanol–water partition coefficient (Wildman–Crippen LogP) is 0.906. The van der Waals surface area contributed by atoms with Crippen LogP contribution < -0.4 is 5.32 Å². The van der Waals surface area contributed by atoms with Crippen molar-refractivity contribution < 1.29 is 14.3 Å². The number of nitrogens with one attached hydrogen (secondary N) is 1. The minimum atomic E-state index is -0.272. The number of hydrogen-bond donors (Lipinski definition) is 1. The molecule has 1 aliphatic heterocycles. The highest BCUT2D eigenvalue weighted by Gasteiger charge is 2.18. The molecule has 1 saturated heterocycles. The molecule has 1 unspecified atom stereocenters. The molecule has 0 spiro atoms. The molecule has 0 saturated carbocycles. The van der Waals surface area contributed by atoms with Crippen molar-refractivity contribution in [3.63, 3.8) is 0 Å². The van der Waals surface area contributed by atoms with Gasteiger partial charge in [0.25, 0.3) is 0 Å². The van der Waals surface area contributed by atoms with Gasteiger partial charge in [-0.25, -0.2) is 4.79 Å². The van der Waals surface area contributed by atoms with Crippen molar-refractivity contribution in [2.45, 2.75) is 19.4 Å². The number of methoxy groups -OCH3 is 1. The third-order valence-corrected chi connectivity index (χ3v) is 2.21. The second kappa shape index (κ2) is 7.68. The van der Waals surface area contributed by atoms with Gasteiger partial charge in [0, 0.05) is 19.7 Å². The third kappa shape index (κ3) is 4.64. The zero-order valence-electron chi connectivity index (χ0n) is 9.12. The molecule has 0 aromatic rings. The monoisotopic (exact) mass is 235 g/mol. The second-order valence-electron chi connectivity index (χ2n) is 3.15. The highest BCUT2D eigenvalue weighted by Crippen LogP contribution is 2.13. The number of rotatable bonds is 3. The topological polar surface area (TPSA) is 47.6 Å². The van der Waals surface area contributed by atoms with Crippen LogP contribution in [0.2, 0.25) is 0 Å². The molecule has 1 rings (SSSR count). The van der Waals surface area contributed by atoms with E-state index in [1.54, 1.807) is 20.1 Å². The van der Waals surface area contributed by atoms with Gasteiger partial charge in [0.2, 0.25) is 0 Å². The van der Waals surface area contributed by atoms with E-state index in [9.17, 15) is 4.79 Å². The van der Waals surface area contributed by atoms with Crippen LogP contribution in [0.5, 0.6) is 0 Å². The van der Waals surface area contributed by atoms with E-state index in [4.69, 9.17) is 9.47 Å². The van der Waals surface area contributed by atoms with Crippen molar-refractivity contribution in [3.05, 3.63) is 11.6 Å². The van der Waals surface area contributed by atoms with Gasteiger partial charge < -0.3 is 14.8 Å². The predicted molar refractivity (Wildman–Crippen MR) is 60.2 cm³/mol. The molecule has 0 amide bonds. The zero-order valence-corrected chi connectivity index (χ0v) is 9.93. The summed E-state index contributed by atoms with van der Waals surface area (Å²) in [6, 6.07) is 0. The number of hydrogen-bond acceptors (Lipinski definition) is 4. The second-order valence-corrected chi connectivity index (χ2v) is 3.15. The van der Waals surface area contributed by atoms with E-state index in [2.05, 4.69) is 5.32 Å². The molecule has 0 aromatic heterocycles. The van der Waals surface area contributed by atoms with Crippen LogP contribution >= 0.6 is 12.4 Å². The molecule has 1 heterocycles. The number of carbonyl (C=O) groups is 1. The molecule has 1 aliphatic rings. The van der Waals surface area contributed by atoms with E-state index < -0.39 is 0 Å². The molecule has 1 N–H and O–H groups in total. The van der Waals surface area contributed by atoms with Gasteiger partial charge in [0.15, 0.2) is 0 Å². The van der Waals surface area contributed by atoms with Crippen LogP contribution in [0, 0.1) is 0 Å². The standard InChI is InChI=1S/C10H17NO3.ClH/c1-3-14-10(12)6-8-4-5-11-7-9(8)13-2;/h6,9,11H,3-5,7H2,1-2H3;1H/b8-6-;. The summed E-state index contributed by atoms with van der Waals surface area (Å²) in [6.07, 6.45) is 2.41. The Morgan fingerprint density at radius 3 is 3.00 bits per heavy atom. The lowest BCUT2D eigenvalue weighted by Crippen LogP contribution is -2.37. The van der Waals surface area contributed by atoms with Crippen molar-refractivity contribution in [2.24, 2.45) is 0 Å². The van der Waals surface area contributed by atoms with Crippen LogP contribution in [0.4, 0.5) is 0 Å². The summed E-state index contributed by atoms with van der Waals surface area (Å²) in [5.41, 5.74) is 1.02. The molecular weight excluding hydrogens is 218 g/mol. The summed E-state index contributed by atoms with van der Waals surface area (Å²) < 4.78 is 10.1. The Labute approximate surface area is 96.4 Å². The lowest BCUT2D eigenvalue weighted by atomic mass is 10.0. The lowest BCUT2D eigenvalue weighted by Gasteiger charge is -2.24. The van der Waals surface area contributed by atoms with E-state index in [0.717, 1.165) is 25.1 Å². The Balaban J connectivity index is 0.00000196. The molecule has 0 aromatic carbocycles. The van der Waals surface area contributed by atoms with Gasteiger partial charge >= 0.3 is 5.97 Å². The first-order valence-corrected chi connectivity index (χ1v) is 4.88. The maximum absolute atomic E-state index is 11.2. The molecular formula is C10H18ClNO3. The first-order chi connectivity index (χ1) is 6.77. The number of ether oxygens (including phenoxy) is 2. The highest BCUT2D eigenvalue weighted by molar-refractivity contribution is 5.85. The number of carbonyl (C=O) groups excluding carboxylic acids is 1. The Hall–Kier alpha value is -0.580. The van der Waals surface area contributed by atoms with E-state index >= 15 is 0 Å². The van der Waals surface area contributed by atoms with Crippen LogP contribution in [0.1, 0.15) is 13.3 Å². The maximum atomic E-state index is 11.2. The summed E-state index contributed by atoms with van der Waals surface area (Å²) in [5, 5.41) is 3.20. The fourth-order valence-electron chi connectivity index (χ4n) is 1.49. The number of halogens is 1. The minimum Gasteiger partial charge on any atom is -0.463 e. The Kier molecular flexibility index (Phi) is 7.38. The Bertz CT molecular complexity index is 231. The number of piperidine rings is 1. The average Bonchev–Trinajstić information content (AvgIpc) is 2.19. The minimum absolute atomic E-state index is 0. The molecule has 0 radical (unpaired) electrons. The van der Waals surface area contributed by atoms with E-state index in [1.165, 1.54) is 0 Å². The third-order valence-electron chi connectivity index (χ3n) is 2.21. The molecule has 88 valence electrons. The summed E-state index contributed by atoms with van der Waals surface area (Å²) in [5.74, 6) is -0.272. The largest absolute Gasteiger partial charge is 0.463 e. The average molecular weight is 236 g/mol. The van der Waals surface area contributed by atoms with Gasteiger partial charge in [-0.15, -0.1) is 12.4 Å². The molecule has 0 bridgehead atoms. The quantitative estimate of drug-likeness (QED) is 0.584. The van der Waals surface area contributed by atoms with Crippen molar-refractivity contribution >= 4 is 18.4 Å². The maximum Gasteiger partial charge on any atom is 0.330 e. The van der Waals surface area contributed by atoms with Gasteiger partial charge in [0.05, 0.1) is 12.7 Å². The first kappa shape index (κ1) is 14.4. The fourth-order valence-corrected chi connectivity index (χ4v) is 1.49. The summed E-state index contributed by atoms with van der Waals surface area (Å²) >= 11 is 0. The summed E-state index contributed by atoms with van der Waals surface area (Å²) in [6.45, 7) is 3.87. The lowest BCUT2D eigenvalue weighted by molar-refractivity contribution is -0.137. The molecule has 1 atom stereocenters. The summed E-state index contributed by atoms with van der Waals surface area (Å²) in [4.78, 5) is 11.2. The molecule has 15 heavy (non-hydrogen) atoms.